The molecule has 2 heterocycles. The van der Waals surface area contributed by atoms with Crippen LogP contribution in [0, 0.1) is 0 Å². The summed E-state index contributed by atoms with van der Waals surface area (Å²) in [6.07, 6.45) is 6.03. The second kappa shape index (κ2) is 9.47. The molecule has 0 aliphatic carbocycles. The van der Waals surface area contributed by atoms with Gasteiger partial charge in [0.15, 0.2) is 0 Å². The molecule has 0 aliphatic rings. The van der Waals surface area contributed by atoms with E-state index in [1.54, 1.807) is 18.0 Å². The predicted molar refractivity (Wildman–Crippen MR) is 117 cm³/mol. The molecule has 0 saturated carbocycles. The molecule has 0 unspecified atom stereocenters. The van der Waals surface area contributed by atoms with Gasteiger partial charge < -0.3 is 20.9 Å². The van der Waals surface area contributed by atoms with Crippen LogP contribution in [-0.4, -0.2) is 34.4 Å². The van der Waals surface area contributed by atoms with Gasteiger partial charge in [-0.2, -0.15) is 4.98 Å². The van der Waals surface area contributed by atoms with Crippen LogP contribution in [-0.2, 0) is 6.42 Å². The molecule has 8 heteroatoms. The van der Waals surface area contributed by atoms with Gasteiger partial charge in [-0.3, -0.25) is 0 Å². The zero-order valence-electron chi connectivity index (χ0n) is 16.8. The van der Waals surface area contributed by atoms with Crippen LogP contribution >= 0.6 is 11.8 Å². The van der Waals surface area contributed by atoms with E-state index < -0.39 is 0 Å². The number of nitrogens with two attached hydrogens (primary N) is 2. The third kappa shape index (κ3) is 4.89. The largest absolute Gasteiger partial charge is 0.493 e. The van der Waals surface area contributed by atoms with Crippen LogP contribution in [0.4, 0.5) is 11.8 Å². The molecular formula is C21H25N5O2S. The van der Waals surface area contributed by atoms with Crippen molar-refractivity contribution in [3.8, 4) is 22.6 Å². The normalized spacial score (nSPS) is 10.7. The maximum absolute atomic E-state index is 6.01. The Morgan fingerprint density at radius 2 is 1.66 bits per heavy atom. The number of rotatable bonds is 8. The average molecular weight is 412 g/mol. The third-order valence-electron chi connectivity index (χ3n) is 4.27. The second-order valence-corrected chi connectivity index (χ2v) is 7.06. The fourth-order valence-electron chi connectivity index (χ4n) is 3.01. The summed E-state index contributed by atoms with van der Waals surface area (Å²) in [6, 6.07) is 8.02. The van der Waals surface area contributed by atoms with Crippen LogP contribution in [0.3, 0.4) is 0 Å². The van der Waals surface area contributed by atoms with E-state index in [0.717, 1.165) is 38.8 Å². The molecule has 0 saturated heterocycles. The Kier molecular flexibility index (Phi) is 6.77. The Hall–Kier alpha value is -3.00. The smallest absolute Gasteiger partial charge is 0.221 e. The van der Waals surface area contributed by atoms with Crippen molar-refractivity contribution in [1.82, 2.24) is 15.0 Å². The Morgan fingerprint density at radius 3 is 2.17 bits per heavy atom. The molecule has 0 atom stereocenters. The van der Waals surface area contributed by atoms with Crippen molar-refractivity contribution in [3.63, 3.8) is 0 Å². The molecule has 3 rings (SSSR count). The molecule has 0 aliphatic heterocycles. The van der Waals surface area contributed by atoms with Gasteiger partial charge in [0, 0.05) is 29.9 Å². The van der Waals surface area contributed by atoms with E-state index in [9.17, 15) is 0 Å². The summed E-state index contributed by atoms with van der Waals surface area (Å²) < 4.78 is 11.9. The lowest BCUT2D eigenvalue weighted by molar-refractivity contribution is 0.325. The maximum Gasteiger partial charge on any atom is 0.221 e. The van der Waals surface area contributed by atoms with Crippen molar-refractivity contribution < 1.29 is 9.47 Å². The van der Waals surface area contributed by atoms with Gasteiger partial charge in [-0.05, 0) is 49.9 Å². The highest BCUT2D eigenvalue weighted by atomic mass is 32.2. The number of thioether (sulfide) groups is 1. The van der Waals surface area contributed by atoms with E-state index >= 15 is 0 Å². The lowest BCUT2D eigenvalue weighted by Crippen LogP contribution is -2.05. The van der Waals surface area contributed by atoms with Crippen LogP contribution in [0.1, 0.15) is 25.0 Å². The number of anilines is 2. The first-order chi connectivity index (χ1) is 14.0. The van der Waals surface area contributed by atoms with Crippen molar-refractivity contribution in [1.29, 1.82) is 0 Å². The zero-order chi connectivity index (χ0) is 20.8. The van der Waals surface area contributed by atoms with E-state index in [2.05, 4.69) is 15.0 Å². The molecule has 3 aromatic rings. The third-order valence-corrected chi connectivity index (χ3v) is 4.93. The van der Waals surface area contributed by atoms with E-state index in [1.807, 2.05) is 50.6 Å². The van der Waals surface area contributed by atoms with Gasteiger partial charge in [0.2, 0.25) is 5.95 Å². The lowest BCUT2D eigenvalue weighted by atomic mass is 9.99. The first-order valence-electron chi connectivity index (χ1n) is 9.35. The molecule has 29 heavy (non-hydrogen) atoms. The summed E-state index contributed by atoms with van der Waals surface area (Å²) in [6.45, 7) is 4.98. The van der Waals surface area contributed by atoms with Crippen LogP contribution in [0.25, 0.3) is 11.1 Å². The second-order valence-electron chi connectivity index (χ2n) is 6.24. The SMILES string of the molecule is CCOc1cc(Cc2cnc(N)nc2N)cc(OCC)c1-c1ccc(SC)nc1. The molecule has 0 fully saturated rings. The highest BCUT2D eigenvalue weighted by Crippen LogP contribution is 2.40. The van der Waals surface area contributed by atoms with Crippen LogP contribution in [0.15, 0.2) is 41.7 Å². The minimum absolute atomic E-state index is 0.160. The van der Waals surface area contributed by atoms with E-state index in [-0.39, 0.29) is 5.95 Å². The van der Waals surface area contributed by atoms with Gasteiger partial charge in [-0.25, -0.2) is 9.97 Å². The number of benzene rings is 1. The van der Waals surface area contributed by atoms with Crippen LogP contribution in [0.5, 0.6) is 11.5 Å². The number of nitrogens with zero attached hydrogens (tertiary/aromatic N) is 3. The van der Waals surface area contributed by atoms with E-state index in [1.165, 1.54) is 0 Å². The van der Waals surface area contributed by atoms with E-state index in [4.69, 9.17) is 20.9 Å². The van der Waals surface area contributed by atoms with Gasteiger partial charge in [0.1, 0.15) is 17.3 Å². The molecule has 7 nitrogen and oxygen atoms in total. The van der Waals surface area contributed by atoms with Crippen LogP contribution in [0.2, 0.25) is 0 Å². The Labute approximate surface area is 174 Å². The molecule has 0 amide bonds. The Morgan fingerprint density at radius 1 is 0.966 bits per heavy atom. The summed E-state index contributed by atoms with van der Waals surface area (Å²) in [5.74, 6) is 2.01. The van der Waals surface area contributed by atoms with Crippen molar-refractivity contribution in [2.75, 3.05) is 30.9 Å². The molecule has 0 radical (unpaired) electrons. The highest BCUT2D eigenvalue weighted by Gasteiger charge is 2.17. The average Bonchev–Trinajstić information content (AvgIpc) is 2.71. The Bertz CT molecular complexity index is 952. The van der Waals surface area contributed by atoms with Crippen LogP contribution < -0.4 is 20.9 Å². The number of ether oxygens (including phenoxy) is 2. The summed E-state index contributed by atoms with van der Waals surface area (Å²) in [5, 5.41) is 0.958. The minimum Gasteiger partial charge on any atom is -0.493 e. The topological polar surface area (TPSA) is 109 Å². The number of pyridine rings is 1. The molecule has 152 valence electrons. The molecule has 0 bridgehead atoms. The number of aromatic nitrogens is 3. The summed E-state index contributed by atoms with van der Waals surface area (Å²) in [5.41, 5.74) is 15.2. The van der Waals surface area contributed by atoms with E-state index in [0.29, 0.717) is 25.5 Å². The number of hydrogen-bond donors (Lipinski definition) is 2. The van der Waals surface area contributed by atoms with Crippen molar-refractivity contribution in [2.24, 2.45) is 0 Å². The Balaban J connectivity index is 2.07. The molecular weight excluding hydrogens is 386 g/mol. The molecule has 4 N–H and O–H groups in total. The maximum atomic E-state index is 6.01. The first kappa shape index (κ1) is 20.7. The van der Waals surface area contributed by atoms with Crippen molar-refractivity contribution in [3.05, 3.63) is 47.8 Å². The minimum atomic E-state index is 0.160. The number of nitrogen functional groups attached to an aromatic ring is 2. The summed E-state index contributed by atoms with van der Waals surface area (Å²) in [7, 11) is 0. The lowest BCUT2D eigenvalue weighted by Gasteiger charge is -2.18. The van der Waals surface area contributed by atoms with Crippen molar-refractivity contribution in [2.45, 2.75) is 25.3 Å². The standard InChI is InChI=1S/C21H25N5O2S/c1-4-27-16-9-13(8-15-12-25-21(23)26-20(15)22)10-17(28-5-2)19(16)14-6-7-18(29-3)24-11-14/h6-7,9-12H,4-5,8H2,1-3H3,(H4,22,23,25,26). The number of hydrogen-bond acceptors (Lipinski definition) is 8. The van der Waals surface area contributed by atoms with Gasteiger partial charge >= 0.3 is 0 Å². The fraction of sp³-hybridized carbons (Fsp3) is 0.286. The van der Waals surface area contributed by atoms with Gasteiger partial charge in [0.25, 0.3) is 0 Å². The quantitative estimate of drug-likeness (QED) is 0.539. The molecule has 1 aromatic carbocycles. The summed E-state index contributed by atoms with van der Waals surface area (Å²) in [4.78, 5) is 12.6. The molecule has 0 spiro atoms. The van der Waals surface area contributed by atoms with Crippen molar-refractivity contribution >= 4 is 23.5 Å². The van der Waals surface area contributed by atoms with Gasteiger partial charge in [-0.15, -0.1) is 11.8 Å². The monoisotopic (exact) mass is 411 g/mol. The fourth-order valence-corrected chi connectivity index (χ4v) is 3.37. The molecule has 2 aromatic heterocycles. The highest BCUT2D eigenvalue weighted by molar-refractivity contribution is 7.98. The predicted octanol–water partition coefficient (Wildman–Crippen LogP) is 3.81. The summed E-state index contributed by atoms with van der Waals surface area (Å²) >= 11 is 1.60. The zero-order valence-corrected chi connectivity index (χ0v) is 17.6. The first-order valence-corrected chi connectivity index (χ1v) is 10.6. The van der Waals surface area contributed by atoms with Gasteiger partial charge in [-0.1, -0.05) is 0 Å². The van der Waals surface area contributed by atoms with Gasteiger partial charge in [0.05, 0.1) is 23.8 Å².